The van der Waals surface area contributed by atoms with Gasteiger partial charge in [0.2, 0.25) is 5.56 Å². The number of piperazine rings is 1. The Morgan fingerprint density at radius 2 is 1.88 bits per heavy atom. The number of hydrogen-bond acceptors (Lipinski definition) is 6. The number of aromatic nitrogens is 4. The van der Waals surface area contributed by atoms with Gasteiger partial charge < -0.3 is 15.2 Å². The van der Waals surface area contributed by atoms with E-state index >= 15 is 4.39 Å². The van der Waals surface area contributed by atoms with Crippen LogP contribution in [0.1, 0.15) is 13.8 Å². The van der Waals surface area contributed by atoms with Crippen molar-refractivity contribution >= 4 is 22.7 Å². The summed E-state index contributed by atoms with van der Waals surface area (Å²) in [6.45, 7) is 5.90. The maximum atomic E-state index is 15.1. The molecule has 4 aromatic rings. The number of benzene rings is 1. The van der Waals surface area contributed by atoms with Crippen molar-refractivity contribution in [2.75, 3.05) is 30.4 Å². The molecule has 1 aliphatic rings. The van der Waals surface area contributed by atoms with Gasteiger partial charge in [0.25, 0.3) is 0 Å². The third-order valence-corrected chi connectivity index (χ3v) is 6.42. The van der Waals surface area contributed by atoms with Crippen LogP contribution >= 0.6 is 0 Å². The molecule has 33 heavy (non-hydrogen) atoms. The number of nitrogens with one attached hydrogen (secondary N) is 2. The number of H-pyrrole nitrogens is 1. The van der Waals surface area contributed by atoms with Gasteiger partial charge in [0, 0.05) is 48.7 Å². The van der Waals surface area contributed by atoms with Crippen LogP contribution in [0.25, 0.3) is 16.9 Å². The zero-order chi connectivity index (χ0) is 23.1. The summed E-state index contributed by atoms with van der Waals surface area (Å²) < 4.78 is 16.8. The highest BCUT2D eigenvalue weighted by Crippen LogP contribution is 2.30. The van der Waals surface area contributed by atoms with Crippen LogP contribution in [-0.4, -0.2) is 56.7 Å². The lowest BCUT2D eigenvalue weighted by atomic mass is 10.1. The molecule has 2 unspecified atom stereocenters. The van der Waals surface area contributed by atoms with Crippen molar-refractivity contribution in [3.05, 3.63) is 71.2 Å². The standard InChI is InChI=1S/C24H26FN7O/c1-15-12-31(13-16(2)30(15)3)22-6-4-18(11-19(22)25)29-20-5-7-21(32-24(20)27-14-28-32)17-8-9-26-23(33)10-17/h4-11,14-16,29H,12-13H2,1-3H3,(H,26,33). The Morgan fingerprint density at radius 3 is 2.61 bits per heavy atom. The minimum atomic E-state index is -0.262. The molecular weight excluding hydrogens is 421 g/mol. The van der Waals surface area contributed by atoms with Gasteiger partial charge in [-0.2, -0.15) is 5.10 Å². The molecule has 0 radical (unpaired) electrons. The van der Waals surface area contributed by atoms with Crippen LogP contribution in [0.5, 0.6) is 0 Å². The highest BCUT2D eigenvalue weighted by Gasteiger charge is 2.28. The first-order chi connectivity index (χ1) is 15.9. The number of hydrogen-bond donors (Lipinski definition) is 2. The second-order valence-corrected chi connectivity index (χ2v) is 8.63. The quantitative estimate of drug-likeness (QED) is 0.498. The van der Waals surface area contributed by atoms with Crippen molar-refractivity contribution in [1.82, 2.24) is 24.5 Å². The Bertz CT molecular complexity index is 1350. The topological polar surface area (TPSA) is 81.6 Å². The Labute approximate surface area is 190 Å². The van der Waals surface area contributed by atoms with Crippen LogP contribution in [0.2, 0.25) is 0 Å². The van der Waals surface area contributed by atoms with Crippen LogP contribution in [0.3, 0.4) is 0 Å². The van der Waals surface area contributed by atoms with E-state index in [9.17, 15) is 4.79 Å². The van der Waals surface area contributed by atoms with Crippen molar-refractivity contribution in [1.29, 1.82) is 0 Å². The van der Waals surface area contributed by atoms with Gasteiger partial charge in [-0.15, -0.1) is 0 Å². The largest absolute Gasteiger partial charge is 0.366 e. The van der Waals surface area contributed by atoms with Crippen molar-refractivity contribution < 1.29 is 4.39 Å². The lowest BCUT2D eigenvalue weighted by Gasteiger charge is -2.43. The number of anilines is 3. The van der Waals surface area contributed by atoms with Gasteiger partial charge in [0.15, 0.2) is 5.65 Å². The average molecular weight is 448 g/mol. The fourth-order valence-electron chi connectivity index (χ4n) is 4.43. The highest BCUT2D eigenvalue weighted by atomic mass is 19.1. The molecule has 170 valence electrons. The zero-order valence-corrected chi connectivity index (χ0v) is 18.8. The maximum Gasteiger partial charge on any atom is 0.248 e. The zero-order valence-electron chi connectivity index (χ0n) is 18.8. The lowest BCUT2D eigenvalue weighted by Crippen LogP contribution is -2.55. The van der Waals surface area contributed by atoms with Gasteiger partial charge in [-0.3, -0.25) is 9.69 Å². The molecule has 1 aromatic carbocycles. The first kappa shape index (κ1) is 21.1. The number of aromatic amines is 1. The Kier molecular flexibility index (Phi) is 5.33. The van der Waals surface area contributed by atoms with E-state index in [0.29, 0.717) is 34.8 Å². The Balaban J connectivity index is 1.43. The fraction of sp³-hybridized carbons (Fsp3) is 0.292. The molecule has 1 fully saturated rings. The average Bonchev–Trinajstić information content (AvgIpc) is 3.28. The van der Waals surface area contributed by atoms with Crippen LogP contribution in [0.4, 0.5) is 21.5 Å². The molecule has 8 nitrogen and oxygen atoms in total. The van der Waals surface area contributed by atoms with Crippen LogP contribution in [0, 0.1) is 5.82 Å². The van der Waals surface area contributed by atoms with E-state index in [2.05, 4.69) is 51.1 Å². The van der Waals surface area contributed by atoms with E-state index in [1.54, 1.807) is 16.8 Å². The summed E-state index contributed by atoms with van der Waals surface area (Å²) in [7, 11) is 2.11. The maximum absolute atomic E-state index is 15.1. The molecule has 4 heterocycles. The second kappa shape index (κ2) is 8.32. The number of pyridine rings is 2. The fourth-order valence-corrected chi connectivity index (χ4v) is 4.43. The van der Waals surface area contributed by atoms with E-state index in [4.69, 9.17) is 0 Å². The normalized spacial score (nSPS) is 19.2. The molecular formula is C24H26FN7O. The molecule has 5 rings (SSSR count). The summed E-state index contributed by atoms with van der Waals surface area (Å²) in [5.74, 6) is -0.262. The van der Waals surface area contributed by atoms with Crippen LogP contribution in [-0.2, 0) is 0 Å². The van der Waals surface area contributed by atoms with E-state index in [-0.39, 0.29) is 11.4 Å². The summed E-state index contributed by atoms with van der Waals surface area (Å²) in [4.78, 5) is 23.1. The lowest BCUT2D eigenvalue weighted by molar-refractivity contribution is 0.169. The van der Waals surface area contributed by atoms with Crippen molar-refractivity contribution in [3.63, 3.8) is 0 Å². The van der Waals surface area contributed by atoms with Crippen molar-refractivity contribution in [2.24, 2.45) is 0 Å². The summed E-state index contributed by atoms with van der Waals surface area (Å²) in [6, 6.07) is 13.0. The van der Waals surface area contributed by atoms with Gasteiger partial charge in [0.1, 0.15) is 12.1 Å². The van der Waals surface area contributed by atoms with E-state index in [0.717, 1.165) is 24.3 Å². The Morgan fingerprint density at radius 1 is 1.09 bits per heavy atom. The summed E-state index contributed by atoms with van der Waals surface area (Å²) in [6.07, 6.45) is 3.05. The molecule has 2 atom stereocenters. The predicted octanol–water partition coefficient (Wildman–Crippen LogP) is 3.50. The number of rotatable bonds is 4. The first-order valence-corrected chi connectivity index (χ1v) is 11.0. The van der Waals surface area contributed by atoms with E-state index < -0.39 is 0 Å². The molecule has 1 saturated heterocycles. The minimum absolute atomic E-state index is 0.192. The molecule has 0 amide bonds. The molecule has 2 N–H and O–H groups in total. The SMILES string of the molecule is CC1CN(c2ccc(Nc3ccc(-c4cc[nH]c(=O)c4)n4ncnc34)cc2F)CC(C)N1C. The van der Waals surface area contributed by atoms with Crippen molar-refractivity contribution in [3.8, 4) is 11.3 Å². The molecule has 9 heteroatoms. The van der Waals surface area contributed by atoms with E-state index in [1.807, 2.05) is 24.3 Å². The van der Waals surface area contributed by atoms with Gasteiger partial charge >= 0.3 is 0 Å². The third kappa shape index (κ3) is 3.95. The molecule has 1 aliphatic heterocycles. The monoisotopic (exact) mass is 447 g/mol. The molecule has 3 aromatic heterocycles. The van der Waals surface area contributed by atoms with Crippen LogP contribution in [0.15, 0.2) is 59.8 Å². The molecule has 0 aliphatic carbocycles. The van der Waals surface area contributed by atoms with Gasteiger partial charge in [-0.05, 0) is 57.3 Å². The summed E-state index contributed by atoms with van der Waals surface area (Å²) >= 11 is 0. The van der Waals surface area contributed by atoms with Gasteiger partial charge in [-0.25, -0.2) is 13.9 Å². The summed E-state index contributed by atoms with van der Waals surface area (Å²) in [5.41, 5.74) is 3.78. The highest BCUT2D eigenvalue weighted by molar-refractivity contribution is 5.77. The number of nitrogens with zero attached hydrogens (tertiary/aromatic N) is 5. The van der Waals surface area contributed by atoms with Crippen molar-refractivity contribution in [2.45, 2.75) is 25.9 Å². The summed E-state index contributed by atoms with van der Waals surface area (Å²) in [5, 5.41) is 7.57. The first-order valence-electron chi connectivity index (χ1n) is 11.0. The Hall–Kier alpha value is -3.72. The predicted molar refractivity (Wildman–Crippen MR) is 128 cm³/mol. The molecule has 0 bridgehead atoms. The van der Waals surface area contributed by atoms with Gasteiger partial charge in [0.05, 0.1) is 17.1 Å². The minimum Gasteiger partial charge on any atom is -0.366 e. The number of fused-ring (bicyclic) bond motifs is 1. The third-order valence-electron chi connectivity index (χ3n) is 6.42. The smallest absolute Gasteiger partial charge is 0.248 e. The van der Waals surface area contributed by atoms with E-state index in [1.165, 1.54) is 18.5 Å². The van der Waals surface area contributed by atoms with Crippen LogP contribution < -0.4 is 15.8 Å². The number of likely N-dealkylation sites (N-methyl/N-ethyl adjacent to an activating group) is 1. The van der Waals surface area contributed by atoms with Gasteiger partial charge in [-0.1, -0.05) is 0 Å². The second-order valence-electron chi connectivity index (χ2n) is 8.63. The molecule has 0 spiro atoms. The molecule has 0 saturated carbocycles. The number of halogens is 1.